The lowest BCUT2D eigenvalue weighted by Crippen LogP contribution is -2.31. The SMILES string of the molecule is CCOc1ccccc1C(CC(=O)NN=C(c1ccccc1)c1ccccc1)NC(C)=O. The second kappa shape index (κ2) is 11.5. The van der Waals surface area contributed by atoms with Gasteiger partial charge in [-0.15, -0.1) is 0 Å². The van der Waals surface area contributed by atoms with E-state index in [-0.39, 0.29) is 18.2 Å². The van der Waals surface area contributed by atoms with Crippen LogP contribution in [-0.4, -0.2) is 24.1 Å². The molecule has 0 radical (unpaired) electrons. The van der Waals surface area contributed by atoms with Crippen molar-refractivity contribution in [1.82, 2.24) is 10.7 Å². The fraction of sp³-hybridized carbons (Fsp3) is 0.192. The van der Waals surface area contributed by atoms with Crippen molar-refractivity contribution in [3.8, 4) is 5.75 Å². The van der Waals surface area contributed by atoms with Gasteiger partial charge >= 0.3 is 0 Å². The highest BCUT2D eigenvalue weighted by Crippen LogP contribution is 2.27. The van der Waals surface area contributed by atoms with Crippen LogP contribution in [0.2, 0.25) is 0 Å². The number of hydrogen-bond donors (Lipinski definition) is 2. The normalized spacial score (nSPS) is 11.2. The minimum Gasteiger partial charge on any atom is -0.494 e. The standard InChI is InChI=1S/C26H27N3O3/c1-3-32-24-17-11-10-16-22(24)23(27-19(2)30)18-25(31)28-29-26(20-12-6-4-7-13-20)21-14-8-5-9-15-21/h4-17,23H,3,18H2,1-2H3,(H,27,30)(H,28,31). The van der Waals surface area contributed by atoms with Crippen LogP contribution in [0.3, 0.4) is 0 Å². The lowest BCUT2D eigenvalue weighted by atomic mass is 10.0. The van der Waals surface area contributed by atoms with Crippen LogP contribution in [0.5, 0.6) is 5.75 Å². The molecule has 0 bridgehead atoms. The maximum Gasteiger partial charge on any atom is 0.242 e. The van der Waals surface area contributed by atoms with E-state index in [4.69, 9.17) is 4.74 Å². The summed E-state index contributed by atoms with van der Waals surface area (Å²) in [4.78, 5) is 24.6. The number of carbonyl (C=O) groups excluding carboxylic acids is 2. The number of nitrogens with one attached hydrogen (secondary N) is 2. The Morgan fingerprint density at radius 1 is 0.875 bits per heavy atom. The monoisotopic (exact) mass is 429 g/mol. The van der Waals surface area contributed by atoms with E-state index in [1.54, 1.807) is 0 Å². The van der Waals surface area contributed by atoms with Crippen LogP contribution >= 0.6 is 0 Å². The molecule has 6 nitrogen and oxygen atoms in total. The van der Waals surface area contributed by atoms with Crippen LogP contribution in [0, 0.1) is 0 Å². The smallest absolute Gasteiger partial charge is 0.242 e. The molecule has 0 aliphatic heterocycles. The number of benzene rings is 3. The van der Waals surface area contributed by atoms with Crippen molar-refractivity contribution < 1.29 is 14.3 Å². The van der Waals surface area contributed by atoms with Crippen molar-refractivity contribution in [2.75, 3.05) is 6.61 Å². The second-order valence-corrected chi connectivity index (χ2v) is 7.16. The summed E-state index contributed by atoms with van der Waals surface area (Å²) in [7, 11) is 0. The van der Waals surface area contributed by atoms with E-state index in [0.29, 0.717) is 18.1 Å². The van der Waals surface area contributed by atoms with Gasteiger partial charge in [0, 0.05) is 23.6 Å². The first-order chi connectivity index (χ1) is 15.6. The lowest BCUT2D eigenvalue weighted by molar-refractivity contribution is -0.122. The molecule has 0 heterocycles. The van der Waals surface area contributed by atoms with Crippen LogP contribution in [0.1, 0.15) is 43.0 Å². The van der Waals surface area contributed by atoms with Crippen LogP contribution in [0.15, 0.2) is 90.0 Å². The van der Waals surface area contributed by atoms with Gasteiger partial charge in [-0.3, -0.25) is 9.59 Å². The van der Waals surface area contributed by atoms with Gasteiger partial charge in [-0.05, 0) is 13.0 Å². The Morgan fingerprint density at radius 3 is 2.00 bits per heavy atom. The van der Waals surface area contributed by atoms with Crippen molar-refractivity contribution in [3.63, 3.8) is 0 Å². The van der Waals surface area contributed by atoms with Gasteiger partial charge in [0.15, 0.2) is 0 Å². The molecule has 3 aromatic carbocycles. The van der Waals surface area contributed by atoms with Gasteiger partial charge in [-0.2, -0.15) is 5.10 Å². The van der Waals surface area contributed by atoms with Gasteiger partial charge in [-0.25, -0.2) is 5.43 Å². The Hall–Kier alpha value is -3.93. The first-order valence-corrected chi connectivity index (χ1v) is 10.5. The van der Waals surface area contributed by atoms with Crippen molar-refractivity contribution >= 4 is 17.5 Å². The molecule has 6 heteroatoms. The zero-order chi connectivity index (χ0) is 22.8. The molecule has 0 aliphatic rings. The van der Waals surface area contributed by atoms with Crippen LogP contribution in [0.4, 0.5) is 0 Å². The van der Waals surface area contributed by atoms with E-state index in [0.717, 1.165) is 16.7 Å². The number of ether oxygens (including phenoxy) is 1. The highest BCUT2D eigenvalue weighted by Gasteiger charge is 2.21. The predicted octanol–water partition coefficient (Wildman–Crippen LogP) is 4.22. The number of amides is 2. The molecule has 3 aromatic rings. The van der Waals surface area contributed by atoms with E-state index in [1.807, 2.05) is 91.9 Å². The molecule has 3 rings (SSSR count). The molecular weight excluding hydrogens is 402 g/mol. The van der Waals surface area contributed by atoms with Gasteiger partial charge in [0.1, 0.15) is 5.75 Å². The molecule has 2 N–H and O–H groups in total. The molecule has 0 fully saturated rings. The fourth-order valence-electron chi connectivity index (χ4n) is 3.38. The van der Waals surface area contributed by atoms with Gasteiger partial charge in [0.05, 0.1) is 24.8 Å². The topological polar surface area (TPSA) is 79.8 Å². The van der Waals surface area contributed by atoms with Crippen molar-refractivity contribution in [3.05, 3.63) is 102 Å². The molecule has 0 aromatic heterocycles. The Kier molecular flexibility index (Phi) is 8.15. The third-order valence-electron chi connectivity index (χ3n) is 4.75. The maximum absolute atomic E-state index is 12.8. The summed E-state index contributed by atoms with van der Waals surface area (Å²) in [5.41, 5.74) is 5.84. The van der Waals surface area contributed by atoms with Gasteiger partial charge in [-0.1, -0.05) is 78.9 Å². The number of carbonyl (C=O) groups is 2. The zero-order valence-electron chi connectivity index (χ0n) is 18.2. The van der Waals surface area contributed by atoms with Crippen LogP contribution in [-0.2, 0) is 9.59 Å². The highest BCUT2D eigenvalue weighted by atomic mass is 16.5. The van der Waals surface area contributed by atoms with Crippen LogP contribution < -0.4 is 15.5 Å². The average Bonchev–Trinajstić information content (AvgIpc) is 2.80. The van der Waals surface area contributed by atoms with Gasteiger partial charge in [0.25, 0.3) is 0 Å². The summed E-state index contributed by atoms with van der Waals surface area (Å²) in [5.74, 6) is 0.0885. The van der Waals surface area contributed by atoms with Crippen LogP contribution in [0.25, 0.3) is 0 Å². The first-order valence-electron chi connectivity index (χ1n) is 10.5. The summed E-state index contributed by atoms with van der Waals surface area (Å²) in [6.07, 6.45) is 0.0179. The summed E-state index contributed by atoms with van der Waals surface area (Å²) in [6, 6.07) is 26.2. The summed E-state index contributed by atoms with van der Waals surface area (Å²) < 4.78 is 5.68. The van der Waals surface area contributed by atoms with E-state index < -0.39 is 6.04 Å². The number of hydrazone groups is 1. The molecular formula is C26H27N3O3. The summed E-state index contributed by atoms with van der Waals surface area (Å²) in [5, 5.41) is 7.27. The summed E-state index contributed by atoms with van der Waals surface area (Å²) >= 11 is 0. The number of hydrogen-bond acceptors (Lipinski definition) is 4. The largest absolute Gasteiger partial charge is 0.494 e. The predicted molar refractivity (Wildman–Crippen MR) is 125 cm³/mol. The Labute approximate surface area is 188 Å². The molecule has 2 amide bonds. The Balaban J connectivity index is 1.83. The molecule has 0 saturated carbocycles. The van der Waals surface area contributed by atoms with E-state index >= 15 is 0 Å². The molecule has 1 atom stereocenters. The van der Waals surface area contributed by atoms with E-state index in [1.165, 1.54) is 6.92 Å². The lowest BCUT2D eigenvalue weighted by Gasteiger charge is -2.20. The van der Waals surface area contributed by atoms with Crippen molar-refractivity contribution in [1.29, 1.82) is 0 Å². The van der Waals surface area contributed by atoms with Crippen molar-refractivity contribution in [2.45, 2.75) is 26.3 Å². The van der Waals surface area contributed by atoms with Gasteiger partial charge in [0.2, 0.25) is 11.8 Å². The minimum atomic E-state index is -0.539. The average molecular weight is 430 g/mol. The molecule has 0 saturated heterocycles. The number of para-hydroxylation sites is 1. The zero-order valence-corrected chi connectivity index (χ0v) is 18.2. The van der Waals surface area contributed by atoms with E-state index in [9.17, 15) is 9.59 Å². The number of nitrogens with zero attached hydrogens (tertiary/aromatic N) is 1. The molecule has 164 valence electrons. The third-order valence-corrected chi connectivity index (χ3v) is 4.75. The minimum absolute atomic E-state index is 0.0179. The molecule has 0 aliphatic carbocycles. The highest BCUT2D eigenvalue weighted by molar-refractivity contribution is 6.13. The second-order valence-electron chi connectivity index (χ2n) is 7.16. The third kappa shape index (κ3) is 6.28. The maximum atomic E-state index is 12.8. The Morgan fingerprint density at radius 2 is 1.44 bits per heavy atom. The number of rotatable bonds is 9. The summed E-state index contributed by atoms with van der Waals surface area (Å²) in [6.45, 7) is 3.80. The molecule has 1 unspecified atom stereocenters. The Bertz CT molecular complexity index is 1020. The quantitative estimate of drug-likeness (QED) is 0.395. The molecule has 32 heavy (non-hydrogen) atoms. The fourth-order valence-corrected chi connectivity index (χ4v) is 3.38. The van der Waals surface area contributed by atoms with Gasteiger partial charge < -0.3 is 10.1 Å². The molecule has 0 spiro atoms. The first kappa shape index (κ1) is 22.7. The van der Waals surface area contributed by atoms with E-state index in [2.05, 4.69) is 15.8 Å². The van der Waals surface area contributed by atoms with Crippen molar-refractivity contribution in [2.24, 2.45) is 5.10 Å².